The van der Waals surface area contributed by atoms with Gasteiger partial charge in [0.15, 0.2) is 0 Å². The second-order valence-corrected chi connectivity index (χ2v) is 7.49. The van der Waals surface area contributed by atoms with Crippen LogP contribution in [0.5, 0.6) is 17.2 Å². The molecular weight excluding hydrogens is 434 g/mol. The molecule has 0 fully saturated rings. The number of nitrogens with zero attached hydrogens (tertiary/aromatic N) is 1. The highest BCUT2D eigenvalue weighted by atomic mass is 16.5. The minimum atomic E-state index is -0.678. The van der Waals surface area contributed by atoms with Gasteiger partial charge in [-0.2, -0.15) is 0 Å². The summed E-state index contributed by atoms with van der Waals surface area (Å²) in [7, 11) is 3.11. The third-order valence-corrected chi connectivity index (χ3v) is 5.33. The zero-order chi connectivity index (χ0) is 24.1. The molecule has 0 unspecified atom stereocenters. The van der Waals surface area contributed by atoms with Crippen molar-refractivity contribution in [1.82, 2.24) is 4.57 Å². The molecule has 174 valence electrons. The first-order valence-electron chi connectivity index (χ1n) is 10.8. The van der Waals surface area contributed by atoms with E-state index in [1.54, 1.807) is 62.1 Å². The highest BCUT2D eigenvalue weighted by Gasteiger charge is 2.18. The lowest BCUT2D eigenvalue weighted by Gasteiger charge is -2.16. The van der Waals surface area contributed by atoms with Gasteiger partial charge >= 0.3 is 5.97 Å². The van der Waals surface area contributed by atoms with Crippen molar-refractivity contribution < 1.29 is 23.7 Å². The van der Waals surface area contributed by atoms with Crippen molar-refractivity contribution in [2.75, 3.05) is 20.8 Å². The third-order valence-electron chi connectivity index (χ3n) is 5.33. The van der Waals surface area contributed by atoms with Crippen LogP contribution >= 0.6 is 0 Å². The van der Waals surface area contributed by atoms with Gasteiger partial charge in [-0.3, -0.25) is 4.79 Å². The maximum absolute atomic E-state index is 13.2. The number of benzene rings is 3. The van der Waals surface area contributed by atoms with Crippen LogP contribution in [-0.2, 0) is 11.3 Å². The number of aromatic nitrogens is 1. The summed E-state index contributed by atoms with van der Waals surface area (Å²) in [6.45, 7) is 2.24. The average molecular weight is 459 g/mol. The first-order chi connectivity index (χ1) is 16.5. The summed E-state index contributed by atoms with van der Waals surface area (Å²) in [5.41, 5.74) is 1.77. The van der Waals surface area contributed by atoms with E-state index in [1.807, 2.05) is 30.3 Å². The molecule has 0 N–H and O–H groups in total. The summed E-state index contributed by atoms with van der Waals surface area (Å²) in [5, 5.41) is 0.361. The monoisotopic (exact) mass is 459 g/mol. The van der Waals surface area contributed by atoms with Crippen molar-refractivity contribution in [3.8, 4) is 22.9 Å². The van der Waals surface area contributed by atoms with Gasteiger partial charge in [0.05, 0.1) is 32.0 Å². The third kappa shape index (κ3) is 4.73. The molecule has 1 aromatic heterocycles. The summed E-state index contributed by atoms with van der Waals surface area (Å²) < 4.78 is 23.7. The number of pyridine rings is 1. The van der Waals surface area contributed by atoms with Crippen LogP contribution in [0.15, 0.2) is 77.7 Å². The largest absolute Gasteiger partial charge is 0.497 e. The van der Waals surface area contributed by atoms with Crippen LogP contribution in [0.1, 0.15) is 22.8 Å². The molecule has 0 aliphatic rings. The van der Waals surface area contributed by atoms with Gasteiger partial charge in [0, 0.05) is 35.8 Å². The molecule has 34 heavy (non-hydrogen) atoms. The van der Waals surface area contributed by atoms with E-state index in [9.17, 15) is 9.59 Å². The number of hydrogen-bond acceptors (Lipinski definition) is 6. The van der Waals surface area contributed by atoms with Crippen LogP contribution in [-0.4, -0.2) is 31.4 Å². The maximum Gasteiger partial charge on any atom is 0.343 e. The number of carbonyl (C=O) groups is 1. The Labute approximate surface area is 197 Å². The first kappa shape index (κ1) is 22.9. The maximum atomic E-state index is 13.2. The number of esters is 1. The van der Waals surface area contributed by atoms with Crippen molar-refractivity contribution in [3.05, 3.63) is 94.3 Å². The van der Waals surface area contributed by atoms with Crippen LogP contribution in [0, 0.1) is 0 Å². The van der Waals surface area contributed by atoms with Gasteiger partial charge in [-0.1, -0.05) is 30.3 Å². The predicted molar refractivity (Wildman–Crippen MR) is 129 cm³/mol. The fourth-order valence-electron chi connectivity index (χ4n) is 3.64. The number of hydrogen-bond donors (Lipinski definition) is 0. The number of carbonyl (C=O) groups excluding carboxylic acids is 1. The normalized spacial score (nSPS) is 10.7. The molecule has 3 aromatic carbocycles. The van der Waals surface area contributed by atoms with E-state index < -0.39 is 11.4 Å². The molecule has 0 spiro atoms. The first-order valence-corrected chi connectivity index (χ1v) is 10.8. The summed E-state index contributed by atoms with van der Waals surface area (Å²) in [4.78, 5) is 25.7. The highest BCUT2D eigenvalue weighted by Crippen LogP contribution is 2.29. The Balaban J connectivity index is 1.88. The Morgan fingerprint density at radius 3 is 2.24 bits per heavy atom. The second-order valence-electron chi connectivity index (χ2n) is 7.49. The molecule has 0 radical (unpaired) electrons. The van der Waals surface area contributed by atoms with E-state index in [1.165, 1.54) is 6.20 Å². The lowest BCUT2D eigenvalue weighted by atomic mass is 10.1. The topological polar surface area (TPSA) is 76.0 Å². The lowest BCUT2D eigenvalue weighted by molar-refractivity contribution is 0.0524. The number of rotatable bonds is 8. The van der Waals surface area contributed by atoms with E-state index in [-0.39, 0.29) is 12.2 Å². The van der Waals surface area contributed by atoms with E-state index in [0.717, 1.165) is 5.56 Å². The summed E-state index contributed by atoms with van der Waals surface area (Å²) >= 11 is 0. The second kappa shape index (κ2) is 10.1. The van der Waals surface area contributed by atoms with E-state index in [2.05, 4.69) is 0 Å². The zero-order valence-corrected chi connectivity index (χ0v) is 19.2. The predicted octanol–water partition coefficient (Wildman–Crippen LogP) is 4.76. The quantitative estimate of drug-likeness (QED) is 0.354. The Morgan fingerprint density at radius 1 is 0.882 bits per heavy atom. The van der Waals surface area contributed by atoms with Gasteiger partial charge in [0.1, 0.15) is 29.4 Å². The Bertz CT molecular complexity index is 1360. The van der Waals surface area contributed by atoms with E-state index >= 15 is 0 Å². The molecular formula is C27H25NO6. The van der Waals surface area contributed by atoms with Gasteiger partial charge in [-0.15, -0.1) is 0 Å². The molecule has 0 aliphatic heterocycles. The Morgan fingerprint density at radius 2 is 1.59 bits per heavy atom. The standard InChI is InChI=1S/C27H25NO6/c1-4-33-27(30)24-16-28(19-12-21(31-2)14-22(13-19)32-3)25-15-20(10-11-23(25)26(24)29)34-17-18-8-6-5-7-9-18/h5-16H,4,17H2,1-3H3. The number of ether oxygens (including phenoxy) is 4. The van der Waals surface area contributed by atoms with Crippen molar-refractivity contribution in [2.24, 2.45) is 0 Å². The number of methoxy groups -OCH3 is 2. The Kier molecular flexibility index (Phi) is 6.82. The minimum absolute atomic E-state index is 0.0610. The summed E-state index contributed by atoms with van der Waals surface area (Å²) in [5.74, 6) is 1.04. The van der Waals surface area contributed by atoms with E-state index in [0.29, 0.717) is 40.4 Å². The van der Waals surface area contributed by atoms with Gasteiger partial charge in [-0.05, 0) is 24.6 Å². The van der Waals surface area contributed by atoms with Crippen LogP contribution in [0.3, 0.4) is 0 Å². The van der Waals surface area contributed by atoms with Gasteiger partial charge in [-0.25, -0.2) is 4.79 Å². The van der Waals surface area contributed by atoms with Crippen molar-refractivity contribution in [1.29, 1.82) is 0 Å². The SMILES string of the molecule is CCOC(=O)c1cn(-c2cc(OC)cc(OC)c2)c2cc(OCc3ccccc3)ccc2c1=O. The van der Waals surface area contributed by atoms with Crippen LogP contribution in [0.4, 0.5) is 0 Å². The van der Waals surface area contributed by atoms with Gasteiger partial charge < -0.3 is 23.5 Å². The number of fused-ring (bicyclic) bond motifs is 1. The Hall–Kier alpha value is -4.26. The van der Waals surface area contributed by atoms with Crippen LogP contribution in [0.25, 0.3) is 16.6 Å². The van der Waals surface area contributed by atoms with Crippen molar-refractivity contribution in [2.45, 2.75) is 13.5 Å². The molecule has 1 heterocycles. The summed E-state index contributed by atoms with van der Waals surface area (Å²) in [6.07, 6.45) is 1.48. The van der Waals surface area contributed by atoms with Crippen LogP contribution < -0.4 is 19.6 Å². The smallest absolute Gasteiger partial charge is 0.343 e. The molecule has 4 aromatic rings. The summed E-state index contributed by atoms with van der Waals surface area (Å²) in [6, 6.07) is 20.3. The molecule has 0 bridgehead atoms. The fraction of sp³-hybridized carbons (Fsp3) is 0.185. The molecule has 0 atom stereocenters. The van der Waals surface area contributed by atoms with Crippen molar-refractivity contribution in [3.63, 3.8) is 0 Å². The molecule has 7 nitrogen and oxygen atoms in total. The molecule has 7 heteroatoms. The molecule has 4 rings (SSSR count). The van der Waals surface area contributed by atoms with Gasteiger partial charge in [0.2, 0.25) is 5.43 Å². The van der Waals surface area contributed by atoms with Gasteiger partial charge in [0.25, 0.3) is 0 Å². The molecule has 0 saturated heterocycles. The minimum Gasteiger partial charge on any atom is -0.497 e. The van der Waals surface area contributed by atoms with Crippen molar-refractivity contribution >= 4 is 16.9 Å². The molecule has 0 aliphatic carbocycles. The van der Waals surface area contributed by atoms with E-state index in [4.69, 9.17) is 18.9 Å². The highest BCUT2D eigenvalue weighted by molar-refractivity contribution is 5.94. The molecule has 0 saturated carbocycles. The van der Waals surface area contributed by atoms with Crippen LogP contribution in [0.2, 0.25) is 0 Å². The fourth-order valence-corrected chi connectivity index (χ4v) is 3.64. The average Bonchev–Trinajstić information content (AvgIpc) is 2.88. The molecule has 0 amide bonds. The zero-order valence-electron chi connectivity index (χ0n) is 19.2. The lowest BCUT2D eigenvalue weighted by Crippen LogP contribution is -2.20.